The molecule has 1 N–H and O–H groups in total. The van der Waals surface area contributed by atoms with Gasteiger partial charge < -0.3 is 14.8 Å². The number of benzene rings is 2. The molecule has 0 saturated carbocycles. The molecule has 0 radical (unpaired) electrons. The first kappa shape index (κ1) is 18.1. The number of nitrogens with one attached hydrogen (secondary N) is 1. The molecule has 0 bridgehead atoms. The van der Waals surface area contributed by atoms with Crippen molar-refractivity contribution in [2.24, 2.45) is 0 Å². The van der Waals surface area contributed by atoms with Crippen LogP contribution in [-0.2, 0) is 4.79 Å². The van der Waals surface area contributed by atoms with E-state index in [0.29, 0.717) is 23.8 Å². The molecule has 25 heavy (non-hydrogen) atoms. The maximum absolute atomic E-state index is 11.1. The van der Waals surface area contributed by atoms with E-state index < -0.39 is 0 Å². The van der Waals surface area contributed by atoms with E-state index in [9.17, 15) is 4.79 Å². The van der Waals surface area contributed by atoms with E-state index in [1.165, 1.54) is 13.0 Å². The van der Waals surface area contributed by atoms with Crippen molar-refractivity contribution in [1.82, 2.24) is 0 Å². The van der Waals surface area contributed by atoms with E-state index in [0.717, 1.165) is 16.7 Å². The number of nitrogens with zero attached hydrogens (tertiary/aromatic N) is 1. The number of hydrogen-bond acceptors (Lipinski definition) is 4. The highest BCUT2D eigenvalue weighted by Crippen LogP contribution is 2.33. The van der Waals surface area contributed by atoms with Gasteiger partial charge in [-0.1, -0.05) is 18.2 Å². The van der Waals surface area contributed by atoms with Crippen LogP contribution in [0.3, 0.4) is 0 Å². The van der Waals surface area contributed by atoms with Crippen molar-refractivity contribution in [3.05, 3.63) is 59.7 Å². The summed E-state index contributed by atoms with van der Waals surface area (Å²) in [6, 6.07) is 15.0. The lowest BCUT2D eigenvalue weighted by Gasteiger charge is -2.13. The zero-order valence-electron chi connectivity index (χ0n) is 14.5. The van der Waals surface area contributed by atoms with Crippen molar-refractivity contribution >= 4 is 17.2 Å². The second-order valence-corrected chi connectivity index (χ2v) is 5.24. The summed E-state index contributed by atoms with van der Waals surface area (Å²) in [4.78, 5) is 11.1. The van der Waals surface area contributed by atoms with Crippen molar-refractivity contribution < 1.29 is 14.3 Å². The average molecular weight is 336 g/mol. The van der Waals surface area contributed by atoms with E-state index in [2.05, 4.69) is 11.4 Å². The first-order valence-electron chi connectivity index (χ1n) is 7.88. The maximum Gasteiger partial charge on any atom is 0.221 e. The fourth-order valence-electron chi connectivity index (χ4n) is 2.45. The summed E-state index contributed by atoms with van der Waals surface area (Å²) in [6.45, 7) is 3.88. The number of allylic oxidation sites excluding steroid dienone is 1. The summed E-state index contributed by atoms with van der Waals surface area (Å²) in [5.74, 6) is 1.14. The number of methoxy groups -OCH3 is 1. The Kier molecular flexibility index (Phi) is 6.19. The van der Waals surface area contributed by atoms with Gasteiger partial charge in [-0.25, -0.2) is 0 Å². The quantitative estimate of drug-likeness (QED) is 0.809. The molecule has 0 fully saturated rings. The van der Waals surface area contributed by atoms with Gasteiger partial charge in [-0.05, 0) is 47.9 Å². The fourth-order valence-corrected chi connectivity index (χ4v) is 2.45. The number of carbonyl (C=O) groups is 1. The summed E-state index contributed by atoms with van der Waals surface area (Å²) in [5.41, 5.74) is 3.18. The molecule has 2 rings (SSSR count). The van der Waals surface area contributed by atoms with Crippen LogP contribution in [0, 0.1) is 11.3 Å². The number of carbonyl (C=O) groups excluding carboxylic acids is 1. The Labute approximate surface area is 147 Å². The minimum absolute atomic E-state index is 0.128. The number of ether oxygens (including phenoxy) is 2. The van der Waals surface area contributed by atoms with Crippen molar-refractivity contribution in [1.29, 1.82) is 5.26 Å². The summed E-state index contributed by atoms with van der Waals surface area (Å²) in [7, 11) is 1.59. The van der Waals surface area contributed by atoms with E-state index in [4.69, 9.17) is 14.7 Å². The zero-order valence-corrected chi connectivity index (χ0v) is 14.5. The van der Waals surface area contributed by atoms with Gasteiger partial charge >= 0.3 is 0 Å². The van der Waals surface area contributed by atoms with E-state index in [-0.39, 0.29) is 5.91 Å². The Balaban J connectivity index is 2.42. The Morgan fingerprint density at radius 2 is 1.84 bits per heavy atom. The van der Waals surface area contributed by atoms with Gasteiger partial charge in [0.25, 0.3) is 0 Å². The number of nitriles is 1. The van der Waals surface area contributed by atoms with E-state index in [1.54, 1.807) is 19.2 Å². The van der Waals surface area contributed by atoms with Gasteiger partial charge in [-0.15, -0.1) is 0 Å². The summed E-state index contributed by atoms with van der Waals surface area (Å²) in [5, 5.41) is 11.9. The molecule has 0 aromatic heterocycles. The Bertz CT molecular complexity index is 818. The van der Waals surface area contributed by atoms with Gasteiger partial charge in [-0.2, -0.15) is 5.26 Å². The van der Waals surface area contributed by atoms with Crippen LogP contribution in [0.5, 0.6) is 11.5 Å². The Morgan fingerprint density at radius 1 is 1.16 bits per heavy atom. The summed E-state index contributed by atoms with van der Waals surface area (Å²) in [6.07, 6.45) is 1.49. The maximum atomic E-state index is 11.1. The van der Waals surface area contributed by atoms with Crippen molar-refractivity contribution in [2.75, 3.05) is 19.0 Å². The summed E-state index contributed by atoms with van der Waals surface area (Å²) >= 11 is 0. The third-order valence-electron chi connectivity index (χ3n) is 3.50. The molecule has 2 aromatic rings. The van der Waals surface area contributed by atoms with Crippen molar-refractivity contribution in [3.8, 4) is 17.6 Å². The van der Waals surface area contributed by atoms with Crippen LogP contribution in [0.2, 0.25) is 0 Å². The molecule has 5 heteroatoms. The fraction of sp³-hybridized carbons (Fsp3) is 0.200. The number of rotatable bonds is 6. The second kappa shape index (κ2) is 8.55. The van der Waals surface area contributed by atoms with Gasteiger partial charge in [0, 0.05) is 18.7 Å². The van der Waals surface area contributed by atoms with Crippen LogP contribution in [-0.4, -0.2) is 19.6 Å². The molecular weight excluding hydrogens is 316 g/mol. The lowest BCUT2D eigenvalue weighted by atomic mass is 9.97. The predicted molar refractivity (Wildman–Crippen MR) is 97.6 cm³/mol. The van der Waals surface area contributed by atoms with Crippen LogP contribution in [0.15, 0.2) is 48.5 Å². The highest BCUT2D eigenvalue weighted by molar-refractivity contribution is 5.89. The summed E-state index contributed by atoms with van der Waals surface area (Å²) < 4.78 is 10.9. The van der Waals surface area contributed by atoms with Gasteiger partial charge in [0.1, 0.15) is 0 Å². The molecule has 5 nitrogen and oxygen atoms in total. The first-order chi connectivity index (χ1) is 12.1. The molecule has 1 amide bonds. The molecule has 0 aliphatic heterocycles. The molecule has 2 aromatic carbocycles. The van der Waals surface area contributed by atoms with E-state index in [1.807, 2.05) is 37.3 Å². The smallest absolute Gasteiger partial charge is 0.221 e. The molecule has 0 heterocycles. The molecule has 0 aliphatic carbocycles. The molecule has 0 atom stereocenters. The zero-order chi connectivity index (χ0) is 18.2. The van der Waals surface area contributed by atoms with Crippen LogP contribution in [0.4, 0.5) is 5.69 Å². The van der Waals surface area contributed by atoms with Crippen LogP contribution < -0.4 is 14.8 Å². The Hall–Kier alpha value is -3.26. The molecule has 0 unspecified atom stereocenters. The average Bonchev–Trinajstić information content (AvgIpc) is 2.60. The first-order valence-corrected chi connectivity index (χ1v) is 7.88. The normalized spacial score (nSPS) is 10.7. The second-order valence-electron chi connectivity index (χ2n) is 5.24. The van der Waals surface area contributed by atoms with Crippen molar-refractivity contribution in [3.63, 3.8) is 0 Å². The number of anilines is 1. The van der Waals surface area contributed by atoms with Crippen molar-refractivity contribution in [2.45, 2.75) is 13.8 Å². The lowest BCUT2D eigenvalue weighted by molar-refractivity contribution is -0.114. The van der Waals surface area contributed by atoms with Gasteiger partial charge in [0.05, 0.1) is 19.8 Å². The van der Waals surface area contributed by atoms with Gasteiger partial charge in [0.2, 0.25) is 5.91 Å². The minimum atomic E-state index is -0.128. The molecule has 0 aliphatic rings. The topological polar surface area (TPSA) is 71.3 Å². The molecule has 0 saturated heterocycles. The third-order valence-corrected chi connectivity index (χ3v) is 3.50. The van der Waals surface area contributed by atoms with Crippen LogP contribution >= 0.6 is 0 Å². The minimum Gasteiger partial charge on any atom is -0.493 e. The van der Waals surface area contributed by atoms with Crippen LogP contribution in [0.25, 0.3) is 5.57 Å². The van der Waals surface area contributed by atoms with Gasteiger partial charge in [0.15, 0.2) is 11.5 Å². The lowest BCUT2D eigenvalue weighted by Crippen LogP contribution is -2.05. The predicted octanol–water partition coefficient (Wildman–Crippen LogP) is 4.01. The number of hydrogen-bond donors (Lipinski definition) is 1. The highest BCUT2D eigenvalue weighted by atomic mass is 16.5. The SMILES string of the molecule is CCOc1cc(C(=CC#N)c2ccc(NC(C)=O)cc2)ccc1OC. The molecular formula is C20H20N2O3. The highest BCUT2D eigenvalue weighted by Gasteiger charge is 2.11. The monoisotopic (exact) mass is 336 g/mol. The van der Waals surface area contributed by atoms with Crippen LogP contribution in [0.1, 0.15) is 25.0 Å². The largest absolute Gasteiger partial charge is 0.493 e. The Morgan fingerprint density at radius 3 is 2.40 bits per heavy atom. The molecule has 128 valence electrons. The number of amides is 1. The third kappa shape index (κ3) is 4.61. The van der Waals surface area contributed by atoms with Gasteiger partial charge in [-0.3, -0.25) is 4.79 Å². The molecule has 0 spiro atoms. The van der Waals surface area contributed by atoms with E-state index >= 15 is 0 Å². The standard InChI is InChI=1S/C20H20N2O3/c1-4-25-20-13-16(7-10-19(20)24-3)18(11-12-21)15-5-8-17(9-6-15)22-14(2)23/h5-11,13H,4H2,1-3H3,(H,22,23).